The molecule has 0 bridgehead atoms. The second kappa shape index (κ2) is 12.4. The Hall–Kier alpha value is -5.19. The van der Waals surface area contributed by atoms with E-state index in [0.29, 0.717) is 0 Å². The molecule has 0 spiro atoms. The molecule has 0 amide bonds. The molecule has 7 aromatic carbocycles. The number of allylic oxidation sites excluding steroid dienone is 4. The van der Waals surface area contributed by atoms with Gasteiger partial charge in [0, 0.05) is 16.8 Å². The Labute approximate surface area is 289 Å². The third-order valence-corrected chi connectivity index (χ3v) is 15.7. The van der Waals surface area contributed by atoms with E-state index in [9.17, 15) is 0 Å². The van der Waals surface area contributed by atoms with Gasteiger partial charge in [-0.2, -0.15) is 0 Å². The summed E-state index contributed by atoms with van der Waals surface area (Å²) in [4.78, 5) is 0. The third kappa shape index (κ3) is 5.36. The molecule has 1 N–H and O–H groups in total. The number of hydrogen-bond acceptors (Lipinski definition) is 1. The molecule has 2 heteroatoms. The number of fused-ring (bicyclic) bond motifs is 4. The summed E-state index contributed by atoms with van der Waals surface area (Å²) in [5.74, 6) is 0. The van der Waals surface area contributed by atoms with Crippen LogP contribution in [0.5, 0.6) is 0 Å². The van der Waals surface area contributed by atoms with Crippen LogP contribution in [0, 0.1) is 10.7 Å². The van der Waals surface area contributed by atoms with E-state index in [-0.39, 0.29) is 0 Å². The SMILES string of the molecule is C1=C(c2ccc(-c3ccc(Nc4cccc5ccccc45)cc3)cc2)CCC(c2ccc3c(c2)-c2ccccc2I3c2ccccc2)=C1. The molecule has 1 aliphatic heterocycles. The van der Waals surface area contributed by atoms with Crippen molar-refractivity contribution in [3.63, 3.8) is 0 Å². The first kappa shape index (κ1) is 29.0. The molecule has 0 unspecified atom stereocenters. The number of benzene rings is 7. The summed E-state index contributed by atoms with van der Waals surface area (Å²) in [5, 5.41) is 6.08. The molecular formula is C46H34IN. The number of anilines is 2. The van der Waals surface area contributed by atoms with Gasteiger partial charge in [0.2, 0.25) is 0 Å². The molecule has 0 fully saturated rings. The fraction of sp³-hybridized carbons (Fsp3) is 0.0435. The van der Waals surface area contributed by atoms with Gasteiger partial charge >= 0.3 is 192 Å². The predicted molar refractivity (Wildman–Crippen MR) is 213 cm³/mol. The number of nitrogens with one attached hydrogen (secondary N) is 1. The number of rotatable bonds is 6. The van der Waals surface area contributed by atoms with E-state index in [2.05, 4.69) is 181 Å². The van der Waals surface area contributed by atoms with E-state index in [1.165, 1.54) is 58.9 Å². The summed E-state index contributed by atoms with van der Waals surface area (Å²) in [6.07, 6.45) is 6.80. The van der Waals surface area contributed by atoms with E-state index >= 15 is 0 Å². The van der Waals surface area contributed by atoms with Crippen LogP contribution >= 0.6 is 19.8 Å². The Morgan fingerprint density at radius 1 is 0.438 bits per heavy atom. The van der Waals surface area contributed by atoms with Crippen molar-refractivity contribution < 1.29 is 0 Å². The molecular weight excluding hydrogens is 693 g/mol. The standard InChI is InChI=1S/C46H34IN/c1-2-11-39(12-3-1)47-44-15-7-6-14-42(44)43-31-38(27-30-45(43)47)36-23-21-33(22-24-36)32-17-19-34(20-18-32)35-25-28-40(29-26-35)48-46-16-8-10-37-9-4-5-13-41(37)46/h1-21,23,25-31,48H,22,24H2. The van der Waals surface area contributed by atoms with Crippen LogP contribution in [-0.2, 0) is 0 Å². The maximum absolute atomic E-state index is 3.61. The molecule has 0 radical (unpaired) electrons. The third-order valence-electron chi connectivity index (χ3n) is 9.55. The van der Waals surface area contributed by atoms with E-state index in [4.69, 9.17) is 0 Å². The molecule has 0 saturated heterocycles. The average molecular weight is 728 g/mol. The van der Waals surface area contributed by atoms with Crippen molar-refractivity contribution in [1.82, 2.24) is 0 Å². The molecule has 9 rings (SSSR count). The predicted octanol–water partition coefficient (Wildman–Crippen LogP) is 12.9. The van der Waals surface area contributed by atoms with E-state index in [0.717, 1.165) is 24.2 Å². The second-order valence-electron chi connectivity index (χ2n) is 12.4. The van der Waals surface area contributed by atoms with Gasteiger partial charge in [0.25, 0.3) is 0 Å². The van der Waals surface area contributed by atoms with Crippen LogP contribution in [0.25, 0.3) is 44.2 Å². The van der Waals surface area contributed by atoms with Gasteiger partial charge in [-0.25, -0.2) is 0 Å². The van der Waals surface area contributed by atoms with Gasteiger partial charge in [-0.1, -0.05) is 48.5 Å². The second-order valence-corrected chi connectivity index (χ2v) is 17.6. The van der Waals surface area contributed by atoms with E-state index < -0.39 is 19.8 Å². The minimum atomic E-state index is -1.66. The molecule has 2 aliphatic rings. The Morgan fingerprint density at radius 2 is 1.04 bits per heavy atom. The first-order valence-electron chi connectivity index (χ1n) is 16.6. The summed E-state index contributed by atoms with van der Waals surface area (Å²) < 4.78 is 4.65. The summed E-state index contributed by atoms with van der Waals surface area (Å²) in [6, 6.07) is 60.3. The number of halogens is 1. The van der Waals surface area contributed by atoms with Crippen molar-refractivity contribution in [3.8, 4) is 22.3 Å². The zero-order valence-corrected chi connectivity index (χ0v) is 28.7. The molecule has 1 aliphatic carbocycles. The summed E-state index contributed by atoms with van der Waals surface area (Å²) >= 11 is -1.66. The van der Waals surface area contributed by atoms with Crippen LogP contribution in [0.3, 0.4) is 0 Å². The van der Waals surface area contributed by atoms with Gasteiger partial charge in [0.15, 0.2) is 0 Å². The van der Waals surface area contributed by atoms with Crippen LogP contribution in [0.1, 0.15) is 24.0 Å². The van der Waals surface area contributed by atoms with Crippen molar-refractivity contribution in [3.05, 3.63) is 198 Å². The quantitative estimate of drug-likeness (QED) is 0.168. The first-order chi connectivity index (χ1) is 23.8. The topological polar surface area (TPSA) is 12.0 Å². The Kier molecular flexibility index (Phi) is 7.51. The van der Waals surface area contributed by atoms with Gasteiger partial charge in [-0.3, -0.25) is 0 Å². The van der Waals surface area contributed by atoms with Crippen LogP contribution in [0.15, 0.2) is 176 Å². The molecule has 48 heavy (non-hydrogen) atoms. The van der Waals surface area contributed by atoms with E-state index in [1.54, 1.807) is 7.14 Å². The van der Waals surface area contributed by atoms with Crippen molar-refractivity contribution in [2.24, 2.45) is 0 Å². The summed E-state index contributed by atoms with van der Waals surface area (Å²) in [7, 11) is 0. The van der Waals surface area contributed by atoms with Crippen LogP contribution < -0.4 is 5.32 Å². The summed E-state index contributed by atoms with van der Waals surface area (Å²) in [5.41, 5.74) is 13.1. The van der Waals surface area contributed by atoms with Crippen LogP contribution in [-0.4, -0.2) is 0 Å². The zero-order valence-electron chi connectivity index (χ0n) is 26.5. The van der Waals surface area contributed by atoms with Gasteiger partial charge < -0.3 is 5.32 Å². The van der Waals surface area contributed by atoms with Crippen molar-refractivity contribution in [2.75, 3.05) is 5.32 Å². The van der Waals surface area contributed by atoms with Gasteiger partial charge in [-0.15, -0.1) is 0 Å². The van der Waals surface area contributed by atoms with Crippen LogP contribution in [0.4, 0.5) is 11.4 Å². The normalized spacial score (nSPS) is 14.2. The van der Waals surface area contributed by atoms with Gasteiger partial charge in [0.05, 0.1) is 0 Å². The maximum atomic E-state index is 3.61. The van der Waals surface area contributed by atoms with Crippen molar-refractivity contribution >= 4 is 53.1 Å². The van der Waals surface area contributed by atoms with Gasteiger partial charge in [0.1, 0.15) is 0 Å². The van der Waals surface area contributed by atoms with Gasteiger partial charge in [-0.05, 0) is 29.1 Å². The zero-order chi connectivity index (χ0) is 31.9. The Morgan fingerprint density at radius 3 is 1.83 bits per heavy atom. The molecule has 0 atom stereocenters. The molecule has 7 aromatic rings. The van der Waals surface area contributed by atoms with Crippen molar-refractivity contribution in [1.29, 1.82) is 0 Å². The molecule has 1 nitrogen and oxygen atoms in total. The Balaban J connectivity index is 0.926. The molecule has 230 valence electrons. The monoisotopic (exact) mass is 727 g/mol. The van der Waals surface area contributed by atoms with E-state index in [1.807, 2.05) is 0 Å². The number of hydrogen-bond donors (Lipinski definition) is 1. The molecule has 0 saturated carbocycles. The van der Waals surface area contributed by atoms with Crippen molar-refractivity contribution in [2.45, 2.75) is 12.8 Å². The first-order valence-corrected chi connectivity index (χ1v) is 19.9. The van der Waals surface area contributed by atoms with Crippen LogP contribution in [0.2, 0.25) is 0 Å². The molecule has 0 aromatic heterocycles. The Bertz CT molecular complexity index is 2340. The molecule has 1 heterocycles. The summed E-state index contributed by atoms with van der Waals surface area (Å²) in [6.45, 7) is 0. The minimum absolute atomic E-state index is 1.05. The fourth-order valence-electron chi connectivity index (χ4n) is 7.06. The average Bonchev–Trinajstić information content (AvgIpc) is 3.50. The fourth-order valence-corrected chi connectivity index (χ4v) is 13.3.